The van der Waals surface area contributed by atoms with Crippen LogP contribution in [0.15, 0.2) is 24.3 Å². The Kier molecular flexibility index (Phi) is 9.44. The van der Waals surface area contributed by atoms with Gasteiger partial charge >= 0.3 is 0 Å². The first-order valence-electron chi connectivity index (χ1n) is 14.3. The smallest absolute Gasteiger partial charge is 0.0816 e. The predicted octanol–water partition coefficient (Wildman–Crippen LogP) is 8.56. The van der Waals surface area contributed by atoms with Crippen molar-refractivity contribution in [2.75, 3.05) is 0 Å². The molecule has 0 radical (unpaired) electrons. The second-order valence-corrected chi connectivity index (χ2v) is 13.0. The van der Waals surface area contributed by atoms with Crippen LogP contribution in [0.2, 0.25) is 0 Å². The minimum absolute atomic E-state index is 0.0120. The van der Waals surface area contributed by atoms with Crippen LogP contribution in [0.25, 0.3) is 0 Å². The molecule has 4 rings (SSSR count). The Morgan fingerprint density at radius 2 is 1.56 bits per heavy atom. The van der Waals surface area contributed by atoms with E-state index in [0.717, 1.165) is 54.1 Å². The summed E-state index contributed by atoms with van der Waals surface area (Å²) in [6.07, 6.45) is 4.60. The van der Waals surface area contributed by atoms with E-state index < -0.39 is 12.2 Å². The van der Waals surface area contributed by atoms with Gasteiger partial charge in [-0.3, -0.25) is 4.98 Å². The SMILES string of the molecule is CCC(C)C.Cc1ccc(C2c3c(C(C)C)nc4c(c3C(O)CCCC2C)C(O)CC(C)(C)C4)cc1. The third-order valence-corrected chi connectivity index (χ3v) is 8.30. The number of hydrogen-bond donors (Lipinski definition) is 2. The minimum Gasteiger partial charge on any atom is -0.388 e. The van der Waals surface area contributed by atoms with Crippen LogP contribution in [-0.4, -0.2) is 15.2 Å². The lowest BCUT2D eigenvalue weighted by Crippen LogP contribution is -2.31. The number of nitrogens with zero attached hydrogens (tertiary/aromatic N) is 1. The molecule has 0 spiro atoms. The monoisotopic (exact) mass is 493 g/mol. The van der Waals surface area contributed by atoms with Crippen molar-refractivity contribution in [3.05, 3.63) is 63.5 Å². The molecule has 0 amide bonds. The summed E-state index contributed by atoms with van der Waals surface area (Å²) in [6, 6.07) is 8.87. The van der Waals surface area contributed by atoms with Crippen LogP contribution >= 0.6 is 0 Å². The Labute approximate surface area is 220 Å². The number of pyridine rings is 1. The summed E-state index contributed by atoms with van der Waals surface area (Å²) >= 11 is 0. The Hall–Kier alpha value is -1.71. The summed E-state index contributed by atoms with van der Waals surface area (Å²) < 4.78 is 0. The maximum atomic E-state index is 11.4. The molecule has 0 aliphatic heterocycles. The van der Waals surface area contributed by atoms with Gasteiger partial charge in [-0.1, -0.05) is 98.1 Å². The van der Waals surface area contributed by atoms with Crippen LogP contribution in [0.3, 0.4) is 0 Å². The summed E-state index contributed by atoms with van der Waals surface area (Å²) in [5.41, 5.74) is 7.79. The lowest BCUT2D eigenvalue weighted by molar-refractivity contribution is 0.0889. The third kappa shape index (κ3) is 6.40. The van der Waals surface area contributed by atoms with E-state index in [9.17, 15) is 10.2 Å². The van der Waals surface area contributed by atoms with Crippen LogP contribution in [0, 0.1) is 24.2 Å². The topological polar surface area (TPSA) is 53.4 Å². The fraction of sp³-hybridized carbons (Fsp3) is 0.667. The molecule has 0 saturated heterocycles. The number of fused-ring (bicyclic) bond motifs is 3. The molecule has 4 unspecified atom stereocenters. The predicted molar refractivity (Wildman–Crippen MR) is 152 cm³/mol. The Bertz CT molecular complexity index is 1010. The van der Waals surface area contributed by atoms with Crippen LogP contribution < -0.4 is 0 Å². The van der Waals surface area contributed by atoms with Gasteiger partial charge in [0.05, 0.1) is 12.2 Å². The Balaban J connectivity index is 0.000000658. The average molecular weight is 494 g/mol. The van der Waals surface area contributed by atoms with Gasteiger partial charge in [0, 0.05) is 22.9 Å². The molecular formula is C33H51NO2. The van der Waals surface area contributed by atoms with E-state index in [1.54, 1.807) is 0 Å². The van der Waals surface area contributed by atoms with Crippen molar-refractivity contribution in [3.63, 3.8) is 0 Å². The molecule has 2 aromatic rings. The standard InChI is InChI=1S/C28H39NO2.C5H12/c1-16(2)27-26-23(19-12-10-17(3)11-13-19)18(4)8-7-9-21(30)25(26)24-20(29-27)14-28(5,6)15-22(24)31;1-4-5(2)3/h10-13,16,18,21-23,30-31H,7-9,14-15H2,1-6H3;5H,4H2,1-3H3. The van der Waals surface area contributed by atoms with Crippen molar-refractivity contribution >= 4 is 0 Å². The second kappa shape index (κ2) is 11.8. The summed E-state index contributed by atoms with van der Waals surface area (Å²) in [5.74, 6) is 1.77. The van der Waals surface area contributed by atoms with E-state index >= 15 is 0 Å². The van der Waals surface area contributed by atoms with Gasteiger partial charge in [-0.2, -0.15) is 0 Å². The molecule has 3 heteroatoms. The van der Waals surface area contributed by atoms with Gasteiger partial charge in [-0.25, -0.2) is 0 Å². The first kappa shape index (κ1) is 28.9. The number of hydrogen-bond acceptors (Lipinski definition) is 3. The zero-order valence-corrected chi connectivity index (χ0v) is 24.4. The fourth-order valence-electron chi connectivity index (χ4n) is 5.99. The molecular weight excluding hydrogens is 442 g/mol. The van der Waals surface area contributed by atoms with Gasteiger partial charge in [-0.15, -0.1) is 0 Å². The van der Waals surface area contributed by atoms with Gasteiger partial charge in [0.2, 0.25) is 0 Å². The van der Waals surface area contributed by atoms with E-state index in [1.807, 2.05) is 0 Å². The van der Waals surface area contributed by atoms with Gasteiger partial charge in [0.1, 0.15) is 0 Å². The van der Waals surface area contributed by atoms with E-state index in [2.05, 4.69) is 86.6 Å². The maximum Gasteiger partial charge on any atom is 0.0816 e. The van der Waals surface area contributed by atoms with E-state index in [-0.39, 0.29) is 17.3 Å². The van der Waals surface area contributed by atoms with Crippen LogP contribution in [0.1, 0.15) is 151 Å². The van der Waals surface area contributed by atoms with Gasteiger partial charge < -0.3 is 10.2 Å². The molecule has 2 N–H and O–H groups in total. The molecule has 0 bridgehead atoms. The van der Waals surface area contributed by atoms with Crippen molar-refractivity contribution in [1.82, 2.24) is 4.98 Å². The van der Waals surface area contributed by atoms with Gasteiger partial charge in [0.25, 0.3) is 0 Å². The lowest BCUT2D eigenvalue weighted by atomic mass is 9.67. The Morgan fingerprint density at radius 3 is 2.11 bits per heavy atom. The molecule has 2 aliphatic carbocycles. The van der Waals surface area contributed by atoms with Crippen molar-refractivity contribution in [1.29, 1.82) is 0 Å². The molecule has 3 nitrogen and oxygen atoms in total. The molecule has 2 aliphatic rings. The maximum absolute atomic E-state index is 11.4. The van der Waals surface area contributed by atoms with Crippen molar-refractivity contribution < 1.29 is 10.2 Å². The average Bonchev–Trinajstić information content (AvgIpc) is 2.78. The van der Waals surface area contributed by atoms with Crippen LogP contribution in [0.4, 0.5) is 0 Å². The first-order chi connectivity index (χ1) is 16.9. The number of aliphatic hydroxyl groups is 2. The fourth-order valence-corrected chi connectivity index (χ4v) is 5.99. The highest BCUT2D eigenvalue weighted by Gasteiger charge is 2.40. The van der Waals surface area contributed by atoms with Gasteiger partial charge in [-0.05, 0) is 72.5 Å². The minimum atomic E-state index is -0.565. The van der Waals surface area contributed by atoms with Crippen LogP contribution in [0.5, 0.6) is 0 Å². The molecule has 0 fully saturated rings. The van der Waals surface area contributed by atoms with E-state index in [1.165, 1.54) is 23.1 Å². The summed E-state index contributed by atoms with van der Waals surface area (Å²) in [5, 5.41) is 22.7. The number of aliphatic hydroxyl groups excluding tert-OH is 2. The lowest BCUT2D eigenvalue weighted by Gasteiger charge is -2.40. The number of aryl methyl sites for hydroxylation is 1. The summed E-state index contributed by atoms with van der Waals surface area (Å²) in [4.78, 5) is 5.24. The zero-order chi connectivity index (χ0) is 26.8. The number of benzene rings is 1. The molecule has 1 heterocycles. The first-order valence-corrected chi connectivity index (χ1v) is 14.3. The molecule has 1 aromatic carbocycles. The largest absolute Gasteiger partial charge is 0.388 e. The third-order valence-electron chi connectivity index (χ3n) is 8.30. The van der Waals surface area contributed by atoms with E-state index in [0.29, 0.717) is 12.3 Å². The molecule has 4 atom stereocenters. The second-order valence-electron chi connectivity index (χ2n) is 13.0. The van der Waals surface area contributed by atoms with E-state index in [4.69, 9.17) is 4.98 Å². The molecule has 0 saturated carbocycles. The molecule has 36 heavy (non-hydrogen) atoms. The highest BCUT2D eigenvalue weighted by Crippen LogP contribution is 2.50. The molecule has 1 aromatic heterocycles. The highest BCUT2D eigenvalue weighted by molar-refractivity contribution is 5.51. The number of rotatable bonds is 3. The normalized spacial score (nSPS) is 25.4. The van der Waals surface area contributed by atoms with Crippen LogP contribution in [-0.2, 0) is 6.42 Å². The van der Waals surface area contributed by atoms with Crippen molar-refractivity contribution in [3.8, 4) is 0 Å². The summed E-state index contributed by atoms with van der Waals surface area (Å²) in [7, 11) is 0. The summed E-state index contributed by atoms with van der Waals surface area (Å²) in [6.45, 7) is 19.9. The molecule has 200 valence electrons. The highest BCUT2D eigenvalue weighted by atomic mass is 16.3. The van der Waals surface area contributed by atoms with Crippen molar-refractivity contribution in [2.45, 2.75) is 125 Å². The van der Waals surface area contributed by atoms with Crippen molar-refractivity contribution in [2.24, 2.45) is 17.3 Å². The van der Waals surface area contributed by atoms with Gasteiger partial charge in [0.15, 0.2) is 0 Å². The Morgan fingerprint density at radius 1 is 0.944 bits per heavy atom. The zero-order valence-electron chi connectivity index (χ0n) is 24.4. The quantitative estimate of drug-likeness (QED) is 0.450. The number of aromatic nitrogens is 1.